The third kappa shape index (κ3) is 4.48. The van der Waals surface area contributed by atoms with Gasteiger partial charge < -0.3 is 14.6 Å². The lowest BCUT2D eigenvalue weighted by Crippen LogP contribution is -2.43. The highest BCUT2D eigenvalue weighted by Gasteiger charge is 2.21. The van der Waals surface area contributed by atoms with Crippen LogP contribution in [0.1, 0.15) is 6.42 Å². The van der Waals surface area contributed by atoms with E-state index in [1.165, 1.54) is 19.2 Å². The Morgan fingerprint density at radius 2 is 2.17 bits per heavy atom. The van der Waals surface area contributed by atoms with E-state index in [9.17, 15) is 14.0 Å². The van der Waals surface area contributed by atoms with Crippen molar-refractivity contribution in [2.24, 2.45) is 0 Å². The number of fused-ring (bicyclic) bond motifs is 1. The maximum Gasteiger partial charge on any atom is 0.328 e. The smallest absolute Gasteiger partial charge is 0.328 e. The number of benzene rings is 1. The standard InChI is InChI=1S/C16H19FN2O3S/c1-22-16(21)13(6-8-23-2)18-15(20)10-19-7-5-11-3-4-12(17)9-14(11)19/h3-5,7,9,13H,6,8,10H2,1-2H3,(H,18,20)/t13-/m1/s1. The molecule has 0 aliphatic carbocycles. The molecule has 1 heterocycles. The zero-order valence-electron chi connectivity index (χ0n) is 13.0. The van der Waals surface area contributed by atoms with Gasteiger partial charge in [0.1, 0.15) is 18.4 Å². The van der Waals surface area contributed by atoms with E-state index in [0.29, 0.717) is 11.9 Å². The van der Waals surface area contributed by atoms with Gasteiger partial charge in [0.25, 0.3) is 0 Å². The first kappa shape index (κ1) is 17.3. The fourth-order valence-corrected chi connectivity index (χ4v) is 2.79. The minimum Gasteiger partial charge on any atom is -0.467 e. The van der Waals surface area contributed by atoms with Crippen LogP contribution in [0.2, 0.25) is 0 Å². The summed E-state index contributed by atoms with van der Waals surface area (Å²) in [6, 6.07) is 5.57. The van der Waals surface area contributed by atoms with Crippen LogP contribution in [-0.2, 0) is 20.9 Å². The molecule has 0 aliphatic heterocycles. The Balaban J connectivity index is 2.07. The van der Waals surface area contributed by atoms with Gasteiger partial charge in [-0.05, 0) is 48.1 Å². The van der Waals surface area contributed by atoms with Crippen LogP contribution in [0.25, 0.3) is 10.9 Å². The largest absolute Gasteiger partial charge is 0.467 e. The lowest BCUT2D eigenvalue weighted by Gasteiger charge is -2.16. The summed E-state index contributed by atoms with van der Waals surface area (Å²) >= 11 is 1.59. The zero-order valence-corrected chi connectivity index (χ0v) is 13.9. The van der Waals surface area contributed by atoms with E-state index in [2.05, 4.69) is 5.32 Å². The van der Waals surface area contributed by atoms with Gasteiger partial charge in [-0.1, -0.05) is 0 Å². The van der Waals surface area contributed by atoms with Crippen molar-refractivity contribution in [2.75, 3.05) is 19.1 Å². The van der Waals surface area contributed by atoms with Gasteiger partial charge in [0.05, 0.1) is 12.6 Å². The molecule has 0 saturated heterocycles. The molecular weight excluding hydrogens is 319 g/mol. The molecule has 0 fully saturated rings. The van der Waals surface area contributed by atoms with Crippen molar-refractivity contribution in [3.8, 4) is 0 Å². The Kier molecular flexibility index (Phi) is 6.04. The minimum absolute atomic E-state index is 0.0136. The molecule has 1 atom stereocenters. The Hall–Kier alpha value is -2.02. The van der Waals surface area contributed by atoms with Gasteiger partial charge in [-0.3, -0.25) is 4.79 Å². The molecule has 0 aliphatic rings. The van der Waals surface area contributed by atoms with Crippen LogP contribution >= 0.6 is 11.8 Å². The number of rotatable bonds is 7. The van der Waals surface area contributed by atoms with Crippen molar-refractivity contribution < 1.29 is 18.7 Å². The number of aromatic nitrogens is 1. The molecule has 23 heavy (non-hydrogen) atoms. The van der Waals surface area contributed by atoms with Gasteiger partial charge in [0.2, 0.25) is 5.91 Å². The SMILES string of the molecule is COC(=O)[C@@H](CCSC)NC(=O)Cn1ccc2ccc(F)cc21. The summed E-state index contributed by atoms with van der Waals surface area (Å²) in [5.74, 6) is -0.401. The molecule has 1 N–H and O–H groups in total. The number of ether oxygens (including phenoxy) is 1. The van der Waals surface area contributed by atoms with E-state index in [1.807, 2.05) is 12.3 Å². The van der Waals surface area contributed by atoms with Gasteiger partial charge >= 0.3 is 5.97 Å². The van der Waals surface area contributed by atoms with Crippen molar-refractivity contribution in [1.82, 2.24) is 9.88 Å². The number of amides is 1. The van der Waals surface area contributed by atoms with Crippen molar-refractivity contribution in [3.63, 3.8) is 0 Å². The Bertz CT molecular complexity index is 702. The average Bonchev–Trinajstić information content (AvgIpc) is 2.92. The van der Waals surface area contributed by atoms with Crippen molar-refractivity contribution in [2.45, 2.75) is 19.0 Å². The van der Waals surface area contributed by atoms with Crippen LogP contribution in [0.5, 0.6) is 0 Å². The molecule has 1 amide bonds. The van der Waals surface area contributed by atoms with E-state index in [0.717, 1.165) is 11.1 Å². The molecule has 0 unspecified atom stereocenters. The predicted molar refractivity (Wildman–Crippen MR) is 88.8 cm³/mol. The summed E-state index contributed by atoms with van der Waals surface area (Å²) < 4.78 is 19.7. The lowest BCUT2D eigenvalue weighted by atomic mass is 10.2. The molecule has 2 aromatic rings. The van der Waals surface area contributed by atoms with Crippen LogP contribution in [0, 0.1) is 5.82 Å². The first-order valence-corrected chi connectivity index (χ1v) is 8.55. The molecule has 1 aromatic carbocycles. The molecule has 0 spiro atoms. The Morgan fingerprint density at radius 3 is 2.87 bits per heavy atom. The number of methoxy groups -OCH3 is 1. The number of carbonyl (C=O) groups excluding carboxylic acids is 2. The summed E-state index contributed by atoms with van der Waals surface area (Å²) in [5.41, 5.74) is 0.638. The molecule has 1 aromatic heterocycles. The van der Waals surface area contributed by atoms with Crippen LogP contribution in [0.15, 0.2) is 30.5 Å². The molecule has 0 bridgehead atoms. The Morgan fingerprint density at radius 1 is 1.39 bits per heavy atom. The number of carbonyl (C=O) groups is 2. The number of hydrogen-bond acceptors (Lipinski definition) is 4. The van der Waals surface area contributed by atoms with Crippen LogP contribution in [-0.4, -0.2) is 41.6 Å². The third-order valence-corrected chi connectivity index (χ3v) is 4.13. The summed E-state index contributed by atoms with van der Waals surface area (Å²) in [6.07, 6.45) is 4.15. The van der Waals surface area contributed by atoms with Gasteiger partial charge in [-0.25, -0.2) is 9.18 Å². The van der Waals surface area contributed by atoms with E-state index >= 15 is 0 Å². The van der Waals surface area contributed by atoms with Crippen molar-refractivity contribution >= 4 is 34.5 Å². The molecule has 0 radical (unpaired) electrons. The van der Waals surface area contributed by atoms with E-state index < -0.39 is 12.0 Å². The minimum atomic E-state index is -0.668. The third-order valence-electron chi connectivity index (χ3n) is 3.48. The summed E-state index contributed by atoms with van der Waals surface area (Å²) in [5, 5.41) is 3.53. The van der Waals surface area contributed by atoms with Gasteiger partial charge in [-0.15, -0.1) is 0 Å². The summed E-state index contributed by atoms with van der Waals surface area (Å²) in [6.45, 7) is 0.0136. The first-order chi connectivity index (χ1) is 11.0. The maximum absolute atomic E-state index is 13.4. The number of hydrogen-bond donors (Lipinski definition) is 1. The fraction of sp³-hybridized carbons (Fsp3) is 0.375. The molecule has 2 rings (SSSR count). The second-order valence-corrected chi connectivity index (χ2v) is 6.06. The van der Waals surface area contributed by atoms with Crippen LogP contribution < -0.4 is 5.32 Å². The summed E-state index contributed by atoms with van der Waals surface area (Å²) in [4.78, 5) is 23.9. The highest BCUT2D eigenvalue weighted by atomic mass is 32.2. The predicted octanol–water partition coefficient (Wildman–Crippen LogP) is 2.19. The molecule has 0 saturated carbocycles. The lowest BCUT2D eigenvalue weighted by molar-refractivity contribution is -0.145. The highest BCUT2D eigenvalue weighted by molar-refractivity contribution is 7.98. The van der Waals surface area contributed by atoms with Gasteiger partial charge in [0, 0.05) is 6.20 Å². The number of nitrogens with zero attached hydrogens (tertiary/aromatic N) is 1. The van der Waals surface area contributed by atoms with Crippen LogP contribution in [0.3, 0.4) is 0 Å². The monoisotopic (exact) mass is 338 g/mol. The van der Waals surface area contributed by atoms with E-state index in [4.69, 9.17) is 4.74 Å². The summed E-state index contributed by atoms with van der Waals surface area (Å²) in [7, 11) is 1.29. The molecule has 124 valence electrons. The van der Waals surface area contributed by atoms with E-state index in [1.54, 1.807) is 28.6 Å². The molecular formula is C16H19FN2O3S. The van der Waals surface area contributed by atoms with Gasteiger partial charge in [-0.2, -0.15) is 11.8 Å². The Labute approximate surface area is 138 Å². The number of halogens is 1. The van der Waals surface area contributed by atoms with E-state index in [-0.39, 0.29) is 18.3 Å². The number of esters is 1. The topological polar surface area (TPSA) is 60.3 Å². The van der Waals surface area contributed by atoms with Crippen molar-refractivity contribution in [3.05, 3.63) is 36.3 Å². The highest BCUT2D eigenvalue weighted by Crippen LogP contribution is 2.17. The average molecular weight is 338 g/mol. The van der Waals surface area contributed by atoms with Gasteiger partial charge in [0.15, 0.2) is 0 Å². The normalized spacial score (nSPS) is 12.1. The first-order valence-electron chi connectivity index (χ1n) is 7.15. The quantitative estimate of drug-likeness (QED) is 0.786. The molecule has 7 heteroatoms. The fourth-order valence-electron chi connectivity index (χ4n) is 2.32. The second-order valence-electron chi connectivity index (χ2n) is 5.07. The van der Waals surface area contributed by atoms with Crippen molar-refractivity contribution in [1.29, 1.82) is 0 Å². The zero-order chi connectivity index (χ0) is 16.8. The second kappa shape index (κ2) is 8.01. The number of thioether (sulfide) groups is 1. The maximum atomic E-state index is 13.4. The number of nitrogens with one attached hydrogen (secondary N) is 1. The van der Waals surface area contributed by atoms with Crippen LogP contribution in [0.4, 0.5) is 4.39 Å². The molecule has 5 nitrogen and oxygen atoms in total.